The summed E-state index contributed by atoms with van der Waals surface area (Å²) < 4.78 is 4.46. The molecule has 0 unspecified atom stereocenters. The first-order valence-corrected chi connectivity index (χ1v) is 4.88. The molecule has 0 radical (unpaired) electrons. The third kappa shape index (κ3) is 3.21. The van der Waals surface area contributed by atoms with Gasteiger partial charge >= 0.3 is 11.7 Å². The van der Waals surface area contributed by atoms with Crippen LogP contribution in [0.4, 0.5) is 0 Å². The van der Waals surface area contributed by atoms with E-state index in [0.717, 1.165) is 5.69 Å². The Bertz CT molecular complexity index is 388. The molecule has 1 rings (SSSR count). The maximum Gasteiger partial charge on any atom is 0.346 e. The number of nitrogens with one attached hydrogen (secondary N) is 1. The molecular formula is C8H10N2O3S. The number of aromatic nitrogens is 2. The number of hydrogen-bond donors (Lipinski definition) is 1. The van der Waals surface area contributed by atoms with Crippen molar-refractivity contribution < 1.29 is 9.53 Å². The van der Waals surface area contributed by atoms with E-state index < -0.39 is 5.69 Å². The minimum atomic E-state index is -0.405. The first-order valence-electron chi connectivity index (χ1n) is 3.89. The highest BCUT2D eigenvalue weighted by molar-refractivity contribution is 7.99. The molecule has 1 aromatic heterocycles. The van der Waals surface area contributed by atoms with Crippen LogP contribution >= 0.6 is 11.8 Å². The lowest BCUT2D eigenvalue weighted by atomic mass is 10.5. The number of thioether (sulfide) groups is 1. The summed E-state index contributed by atoms with van der Waals surface area (Å²) in [7, 11) is 1.32. The van der Waals surface area contributed by atoms with Crippen molar-refractivity contribution in [2.45, 2.75) is 11.9 Å². The van der Waals surface area contributed by atoms with Gasteiger partial charge in [-0.05, 0) is 13.0 Å². The molecule has 0 fully saturated rings. The molecule has 0 aliphatic heterocycles. The maximum atomic E-state index is 10.9. The molecule has 14 heavy (non-hydrogen) atoms. The minimum absolute atomic E-state index is 0.159. The van der Waals surface area contributed by atoms with Gasteiger partial charge in [-0.3, -0.25) is 4.79 Å². The molecule has 0 aromatic carbocycles. The van der Waals surface area contributed by atoms with Gasteiger partial charge < -0.3 is 9.72 Å². The van der Waals surface area contributed by atoms with Gasteiger partial charge in [0.25, 0.3) is 0 Å². The smallest absolute Gasteiger partial charge is 0.346 e. The van der Waals surface area contributed by atoms with Crippen molar-refractivity contribution in [3.63, 3.8) is 0 Å². The summed E-state index contributed by atoms with van der Waals surface area (Å²) in [6, 6.07) is 1.70. The highest BCUT2D eigenvalue weighted by Crippen LogP contribution is 2.13. The Morgan fingerprint density at radius 2 is 2.43 bits per heavy atom. The number of nitrogens with zero attached hydrogens (tertiary/aromatic N) is 1. The molecule has 0 bridgehead atoms. The lowest BCUT2D eigenvalue weighted by molar-refractivity contribution is -0.137. The average Bonchev–Trinajstić information content (AvgIpc) is 2.12. The van der Waals surface area contributed by atoms with Crippen LogP contribution in [0.15, 0.2) is 15.9 Å². The summed E-state index contributed by atoms with van der Waals surface area (Å²) in [5, 5.41) is 0.525. The molecule has 0 atom stereocenters. The van der Waals surface area contributed by atoms with E-state index >= 15 is 0 Å². The van der Waals surface area contributed by atoms with Crippen molar-refractivity contribution in [3.05, 3.63) is 22.2 Å². The van der Waals surface area contributed by atoms with Crippen LogP contribution in [-0.2, 0) is 9.53 Å². The number of ether oxygens (including phenoxy) is 1. The van der Waals surface area contributed by atoms with Crippen molar-refractivity contribution in [3.8, 4) is 0 Å². The molecular weight excluding hydrogens is 204 g/mol. The van der Waals surface area contributed by atoms with E-state index in [2.05, 4.69) is 14.7 Å². The number of carbonyl (C=O) groups excluding carboxylic acids is 1. The third-order valence-corrected chi connectivity index (χ3v) is 2.31. The number of esters is 1. The molecule has 0 aliphatic rings. The van der Waals surface area contributed by atoms with Gasteiger partial charge in [0.1, 0.15) is 5.03 Å². The fraction of sp³-hybridized carbons (Fsp3) is 0.375. The highest BCUT2D eigenvalue weighted by atomic mass is 32.2. The van der Waals surface area contributed by atoms with E-state index in [1.54, 1.807) is 13.0 Å². The normalized spacial score (nSPS) is 9.86. The van der Waals surface area contributed by atoms with Crippen LogP contribution in [0, 0.1) is 6.92 Å². The van der Waals surface area contributed by atoms with Gasteiger partial charge in [-0.1, -0.05) is 11.8 Å². The van der Waals surface area contributed by atoms with Gasteiger partial charge in [0.15, 0.2) is 0 Å². The van der Waals surface area contributed by atoms with Crippen LogP contribution in [0.5, 0.6) is 0 Å². The summed E-state index contributed by atoms with van der Waals surface area (Å²) in [6.07, 6.45) is 0. The van der Waals surface area contributed by atoms with Crippen molar-refractivity contribution in [2.75, 3.05) is 12.9 Å². The van der Waals surface area contributed by atoms with Crippen LogP contribution in [0.2, 0.25) is 0 Å². The monoisotopic (exact) mass is 214 g/mol. The first-order chi connectivity index (χ1) is 6.61. The van der Waals surface area contributed by atoms with E-state index in [9.17, 15) is 9.59 Å². The molecule has 76 valence electrons. The summed E-state index contributed by atoms with van der Waals surface area (Å²) >= 11 is 1.18. The lowest BCUT2D eigenvalue weighted by Crippen LogP contribution is -2.12. The van der Waals surface area contributed by atoms with E-state index in [1.165, 1.54) is 18.9 Å². The van der Waals surface area contributed by atoms with E-state index in [1.807, 2.05) is 0 Å². The second kappa shape index (κ2) is 4.80. The molecule has 0 saturated heterocycles. The highest BCUT2D eigenvalue weighted by Gasteiger charge is 2.04. The number of aryl methyl sites for hydroxylation is 1. The Balaban J connectivity index is 2.68. The van der Waals surface area contributed by atoms with Crippen LogP contribution in [0.25, 0.3) is 0 Å². The summed E-state index contributed by atoms with van der Waals surface area (Å²) in [6.45, 7) is 1.76. The van der Waals surface area contributed by atoms with Crippen LogP contribution < -0.4 is 5.69 Å². The van der Waals surface area contributed by atoms with Crippen molar-refractivity contribution in [1.29, 1.82) is 0 Å². The SMILES string of the molecule is COC(=O)CSc1cc(C)[nH]c(=O)n1. The van der Waals surface area contributed by atoms with E-state index in [0.29, 0.717) is 5.03 Å². The number of H-pyrrole nitrogens is 1. The summed E-state index contributed by atoms with van der Waals surface area (Å²) in [5.41, 5.74) is 0.315. The van der Waals surface area contributed by atoms with Crippen LogP contribution in [0.1, 0.15) is 5.69 Å². The van der Waals surface area contributed by atoms with Gasteiger partial charge in [-0.15, -0.1) is 0 Å². The van der Waals surface area contributed by atoms with Gasteiger partial charge in [0, 0.05) is 5.69 Å². The van der Waals surface area contributed by atoms with Gasteiger partial charge in [-0.25, -0.2) is 4.79 Å². The Morgan fingerprint density at radius 1 is 1.71 bits per heavy atom. The molecule has 1 aromatic rings. The second-order valence-corrected chi connectivity index (χ2v) is 3.57. The molecule has 0 spiro atoms. The Labute approximate surface area is 84.9 Å². The minimum Gasteiger partial charge on any atom is -0.468 e. The molecule has 1 N–H and O–H groups in total. The molecule has 1 heterocycles. The second-order valence-electron chi connectivity index (χ2n) is 2.57. The average molecular weight is 214 g/mol. The first kappa shape index (κ1) is 10.8. The zero-order valence-corrected chi connectivity index (χ0v) is 8.68. The molecule has 5 nitrogen and oxygen atoms in total. The standard InChI is InChI=1S/C8H10N2O3S/c1-5-3-6(10-8(12)9-5)14-4-7(11)13-2/h3H,4H2,1-2H3,(H,9,10,12). The molecule has 6 heteroatoms. The molecule has 0 amide bonds. The van der Waals surface area contributed by atoms with E-state index in [-0.39, 0.29) is 11.7 Å². The molecule has 0 saturated carbocycles. The zero-order chi connectivity index (χ0) is 10.6. The summed E-state index contributed by atoms with van der Waals surface area (Å²) in [4.78, 5) is 27.9. The van der Waals surface area contributed by atoms with Crippen LogP contribution in [-0.4, -0.2) is 28.8 Å². The van der Waals surface area contributed by atoms with Crippen LogP contribution in [0.3, 0.4) is 0 Å². The largest absolute Gasteiger partial charge is 0.468 e. The Morgan fingerprint density at radius 3 is 3.00 bits per heavy atom. The Kier molecular flexibility index (Phi) is 3.70. The predicted octanol–water partition coefficient (Wildman–Crippen LogP) is 0.343. The number of aromatic amines is 1. The topological polar surface area (TPSA) is 72.1 Å². The maximum absolute atomic E-state index is 10.9. The number of methoxy groups -OCH3 is 1. The fourth-order valence-corrected chi connectivity index (χ4v) is 1.61. The quantitative estimate of drug-likeness (QED) is 0.446. The number of carbonyl (C=O) groups is 1. The fourth-order valence-electron chi connectivity index (χ4n) is 0.816. The molecule has 0 aliphatic carbocycles. The number of hydrogen-bond acceptors (Lipinski definition) is 5. The number of rotatable bonds is 3. The van der Waals surface area contributed by atoms with Crippen molar-refractivity contribution in [1.82, 2.24) is 9.97 Å². The Hall–Kier alpha value is -1.30. The van der Waals surface area contributed by atoms with Gasteiger partial charge in [0.05, 0.1) is 12.9 Å². The predicted molar refractivity (Wildman–Crippen MR) is 52.3 cm³/mol. The van der Waals surface area contributed by atoms with Gasteiger partial charge in [-0.2, -0.15) is 4.98 Å². The zero-order valence-electron chi connectivity index (χ0n) is 7.86. The van der Waals surface area contributed by atoms with Crippen molar-refractivity contribution >= 4 is 17.7 Å². The lowest BCUT2D eigenvalue weighted by Gasteiger charge is -1.99. The van der Waals surface area contributed by atoms with E-state index in [4.69, 9.17) is 0 Å². The van der Waals surface area contributed by atoms with Gasteiger partial charge in [0.2, 0.25) is 0 Å². The van der Waals surface area contributed by atoms with Crippen molar-refractivity contribution in [2.24, 2.45) is 0 Å². The summed E-state index contributed by atoms with van der Waals surface area (Å²) in [5.74, 6) is -0.179. The third-order valence-electron chi connectivity index (χ3n) is 1.42.